The van der Waals surface area contributed by atoms with Gasteiger partial charge in [0.25, 0.3) is 5.56 Å². The predicted octanol–water partition coefficient (Wildman–Crippen LogP) is 5.25. The van der Waals surface area contributed by atoms with E-state index in [1.54, 1.807) is 18.2 Å². The molecule has 1 aliphatic carbocycles. The summed E-state index contributed by atoms with van der Waals surface area (Å²) < 4.78 is 30.6. The number of fused-ring (bicyclic) bond motifs is 1. The Balaban J connectivity index is 0.00000218. The first kappa shape index (κ1) is 21.4. The van der Waals surface area contributed by atoms with Gasteiger partial charge in [0.1, 0.15) is 11.6 Å². The van der Waals surface area contributed by atoms with Crippen LogP contribution in [0.3, 0.4) is 0 Å². The zero-order chi connectivity index (χ0) is 20.3. The van der Waals surface area contributed by atoms with E-state index in [2.05, 4.69) is 10.6 Å². The van der Waals surface area contributed by atoms with Crippen LogP contribution in [0.25, 0.3) is 10.8 Å². The highest BCUT2D eigenvalue weighted by Crippen LogP contribution is 2.40. The van der Waals surface area contributed by atoms with Gasteiger partial charge < -0.3 is 15.2 Å². The van der Waals surface area contributed by atoms with Crippen molar-refractivity contribution in [1.29, 1.82) is 0 Å². The van der Waals surface area contributed by atoms with Gasteiger partial charge in [-0.2, -0.15) is 0 Å². The molecule has 4 nitrogen and oxygen atoms in total. The molecule has 2 aromatic carbocycles. The Bertz CT molecular complexity index is 1210. The number of halogens is 5. The van der Waals surface area contributed by atoms with Crippen LogP contribution in [0.1, 0.15) is 24.4 Å². The summed E-state index contributed by atoms with van der Waals surface area (Å²) >= 11 is 12.4. The zero-order valence-corrected chi connectivity index (χ0v) is 18.0. The molecule has 0 spiro atoms. The fraction of sp³-hybridized carbons (Fsp3) is 0.286. The smallest absolute Gasteiger partial charge is 0.258 e. The third kappa shape index (κ3) is 3.36. The summed E-state index contributed by atoms with van der Waals surface area (Å²) in [5.41, 5.74) is -0.178. The average Bonchev–Trinajstić information content (AvgIpc) is 3.51. The van der Waals surface area contributed by atoms with E-state index >= 15 is 0 Å². The van der Waals surface area contributed by atoms with Crippen molar-refractivity contribution in [2.45, 2.75) is 24.4 Å². The van der Waals surface area contributed by atoms with Gasteiger partial charge in [-0.15, -0.1) is 12.4 Å². The van der Waals surface area contributed by atoms with E-state index in [9.17, 15) is 13.6 Å². The van der Waals surface area contributed by atoms with Crippen molar-refractivity contribution in [2.24, 2.45) is 0 Å². The summed E-state index contributed by atoms with van der Waals surface area (Å²) in [4.78, 5) is 12.8. The van der Waals surface area contributed by atoms with Gasteiger partial charge in [0.2, 0.25) is 0 Å². The van der Waals surface area contributed by atoms with Crippen molar-refractivity contribution in [1.82, 2.24) is 9.88 Å². The molecule has 1 aliphatic heterocycles. The van der Waals surface area contributed by atoms with Crippen LogP contribution in [0.2, 0.25) is 10.0 Å². The van der Waals surface area contributed by atoms with E-state index in [-0.39, 0.29) is 45.0 Å². The maximum absolute atomic E-state index is 14.7. The average molecular weight is 473 g/mol. The van der Waals surface area contributed by atoms with Crippen LogP contribution in [-0.2, 0) is 5.54 Å². The highest BCUT2D eigenvalue weighted by molar-refractivity contribution is 6.42. The van der Waals surface area contributed by atoms with E-state index in [4.69, 9.17) is 23.2 Å². The molecule has 30 heavy (non-hydrogen) atoms. The minimum atomic E-state index is -0.817. The molecule has 2 aliphatic rings. The van der Waals surface area contributed by atoms with Crippen LogP contribution in [0.5, 0.6) is 0 Å². The van der Waals surface area contributed by atoms with Crippen LogP contribution in [-0.4, -0.2) is 17.7 Å². The quantitative estimate of drug-likeness (QED) is 0.510. The number of rotatable bonds is 4. The third-order valence-corrected chi connectivity index (χ3v) is 6.50. The van der Waals surface area contributed by atoms with Crippen LogP contribution in [0.15, 0.2) is 41.3 Å². The lowest BCUT2D eigenvalue weighted by Gasteiger charge is -2.45. The summed E-state index contributed by atoms with van der Waals surface area (Å²) in [5.74, 6) is -0.890. The first-order valence-electron chi connectivity index (χ1n) is 9.37. The number of anilines is 1. The molecule has 1 saturated carbocycles. The van der Waals surface area contributed by atoms with Gasteiger partial charge in [-0.25, -0.2) is 8.78 Å². The van der Waals surface area contributed by atoms with Gasteiger partial charge >= 0.3 is 0 Å². The molecular weight excluding hydrogens is 455 g/mol. The molecule has 1 saturated heterocycles. The molecule has 3 aromatic rings. The van der Waals surface area contributed by atoms with Crippen LogP contribution in [0.4, 0.5) is 14.5 Å². The van der Waals surface area contributed by atoms with E-state index in [0.717, 1.165) is 12.8 Å². The summed E-state index contributed by atoms with van der Waals surface area (Å²) in [6.45, 7) is 0.856. The number of benzene rings is 2. The van der Waals surface area contributed by atoms with Crippen molar-refractivity contribution in [2.75, 3.05) is 18.4 Å². The van der Waals surface area contributed by atoms with Crippen LogP contribution < -0.4 is 16.2 Å². The number of hydrogen-bond donors (Lipinski definition) is 2. The SMILES string of the molecule is Cl.O=c1c2cc(NC3(c4c(F)ccc(Cl)c4Cl)CNC3)ccc2c(F)cn1C1CC1. The second-order valence-corrected chi connectivity index (χ2v) is 8.50. The van der Waals surface area contributed by atoms with Crippen molar-refractivity contribution >= 4 is 52.1 Å². The zero-order valence-electron chi connectivity index (χ0n) is 15.6. The lowest BCUT2D eigenvalue weighted by molar-refractivity contribution is 0.307. The maximum Gasteiger partial charge on any atom is 0.258 e. The topological polar surface area (TPSA) is 46.1 Å². The Hall–Kier alpha value is -1.86. The maximum atomic E-state index is 14.7. The van der Waals surface area contributed by atoms with Gasteiger partial charge in [0.05, 0.1) is 21.0 Å². The molecular formula is C21H18Cl3F2N3O. The Morgan fingerprint density at radius 2 is 1.80 bits per heavy atom. The van der Waals surface area contributed by atoms with E-state index in [1.807, 2.05) is 0 Å². The number of hydrogen-bond acceptors (Lipinski definition) is 3. The van der Waals surface area contributed by atoms with Gasteiger partial charge in [0, 0.05) is 42.0 Å². The standard InChI is InChI=1S/C21H17Cl2F2N3O.ClH/c22-15-5-6-16(24)18(19(15)23)21(9-26-10-21)27-11-1-4-13-14(7-11)20(29)28(8-17(13)25)12-2-3-12;/h1,4-8,12,26-27H,2-3,9-10H2;1H. The van der Waals surface area contributed by atoms with Crippen molar-refractivity contribution in [3.63, 3.8) is 0 Å². The normalized spacial score (nSPS) is 17.3. The molecule has 5 rings (SSSR count). The minimum Gasteiger partial charge on any atom is -0.373 e. The van der Waals surface area contributed by atoms with Crippen LogP contribution in [0, 0.1) is 11.6 Å². The Morgan fingerprint density at radius 1 is 1.07 bits per heavy atom. The van der Waals surface area contributed by atoms with Crippen molar-refractivity contribution < 1.29 is 8.78 Å². The third-order valence-electron chi connectivity index (χ3n) is 5.69. The number of aromatic nitrogens is 1. The van der Waals surface area contributed by atoms with Crippen LogP contribution >= 0.6 is 35.6 Å². The molecule has 2 heterocycles. The lowest BCUT2D eigenvalue weighted by Crippen LogP contribution is -2.62. The molecule has 2 fully saturated rings. The summed E-state index contributed by atoms with van der Waals surface area (Å²) in [6.07, 6.45) is 3.04. The number of pyridine rings is 1. The molecule has 0 amide bonds. The lowest BCUT2D eigenvalue weighted by atomic mass is 9.83. The molecule has 0 bridgehead atoms. The first-order valence-corrected chi connectivity index (χ1v) is 10.1. The van der Waals surface area contributed by atoms with Gasteiger partial charge in [0.15, 0.2) is 0 Å². The highest BCUT2D eigenvalue weighted by atomic mass is 35.5. The Kier molecular flexibility index (Phi) is 5.47. The second-order valence-electron chi connectivity index (χ2n) is 7.71. The molecule has 0 radical (unpaired) electrons. The van der Waals surface area contributed by atoms with E-state index in [0.29, 0.717) is 24.2 Å². The molecule has 2 N–H and O–H groups in total. The fourth-order valence-corrected chi connectivity index (χ4v) is 4.46. The predicted molar refractivity (Wildman–Crippen MR) is 118 cm³/mol. The summed E-state index contributed by atoms with van der Waals surface area (Å²) in [5, 5.41) is 7.42. The van der Waals surface area contributed by atoms with Crippen molar-refractivity contribution in [3.05, 3.63) is 74.1 Å². The largest absolute Gasteiger partial charge is 0.373 e. The monoisotopic (exact) mass is 471 g/mol. The Morgan fingerprint density at radius 3 is 2.43 bits per heavy atom. The van der Waals surface area contributed by atoms with Crippen molar-refractivity contribution in [3.8, 4) is 0 Å². The molecule has 9 heteroatoms. The molecule has 1 aromatic heterocycles. The fourth-order valence-electron chi connectivity index (χ4n) is 3.97. The highest BCUT2D eigenvalue weighted by Gasteiger charge is 2.43. The van der Waals surface area contributed by atoms with E-state index < -0.39 is 17.2 Å². The number of nitrogens with zero attached hydrogens (tertiary/aromatic N) is 1. The summed E-state index contributed by atoms with van der Waals surface area (Å²) in [6, 6.07) is 7.65. The number of nitrogens with one attached hydrogen (secondary N) is 2. The van der Waals surface area contributed by atoms with Gasteiger partial charge in [-0.3, -0.25) is 4.79 Å². The van der Waals surface area contributed by atoms with Gasteiger partial charge in [-0.05, 0) is 43.2 Å². The first-order chi connectivity index (χ1) is 13.9. The Labute approximate surface area is 187 Å². The molecule has 158 valence electrons. The molecule has 0 atom stereocenters. The molecule has 0 unspecified atom stereocenters. The summed E-state index contributed by atoms with van der Waals surface area (Å²) in [7, 11) is 0. The van der Waals surface area contributed by atoms with E-state index in [1.165, 1.54) is 22.9 Å². The van der Waals surface area contributed by atoms with Gasteiger partial charge in [-0.1, -0.05) is 23.2 Å². The second kappa shape index (κ2) is 7.68. The minimum absolute atomic E-state index is 0.